The Labute approximate surface area is 270 Å². The first kappa shape index (κ1) is 39.5. The molecule has 0 fully saturated rings. The van der Waals surface area contributed by atoms with Crippen LogP contribution in [0, 0.1) is 0 Å². The quantitative estimate of drug-likeness (QED) is 0.0699. The van der Waals surface area contributed by atoms with E-state index in [0.29, 0.717) is 19.4 Å². The summed E-state index contributed by atoms with van der Waals surface area (Å²) in [6, 6.07) is 4.54. The number of rotatable bonds is 23. The maximum atomic E-state index is 12.6. The van der Waals surface area contributed by atoms with Gasteiger partial charge in [0.2, 0.25) is 9.76 Å². The first-order chi connectivity index (χ1) is 20.4. The van der Waals surface area contributed by atoms with Gasteiger partial charge in [0, 0.05) is 6.42 Å². The highest BCUT2D eigenvalue weighted by atomic mass is 28.2. The van der Waals surface area contributed by atoms with E-state index in [0.717, 1.165) is 18.6 Å². The van der Waals surface area contributed by atoms with Crippen molar-refractivity contribution in [1.82, 2.24) is 0 Å². The van der Waals surface area contributed by atoms with Gasteiger partial charge in [0.25, 0.3) is 0 Å². The van der Waals surface area contributed by atoms with Gasteiger partial charge >= 0.3 is 5.97 Å². The lowest BCUT2D eigenvalue weighted by molar-refractivity contribution is -0.143. The Morgan fingerprint density at radius 1 is 0.721 bits per heavy atom. The van der Waals surface area contributed by atoms with E-state index in [2.05, 4.69) is 80.5 Å². The molecule has 0 bridgehead atoms. The number of esters is 1. The minimum Gasteiger partial charge on any atom is -0.545 e. The number of hydrogen-bond acceptors (Lipinski definition) is 3. The lowest BCUT2D eigenvalue weighted by atomic mass is 9.78. The second kappa shape index (κ2) is 22.0. The molecule has 0 aliphatic carbocycles. The number of carbonyl (C=O) groups is 1. The molecule has 0 N–H and O–H groups in total. The van der Waals surface area contributed by atoms with Crippen LogP contribution in [-0.4, -0.2) is 22.3 Å². The maximum absolute atomic E-state index is 12.6. The van der Waals surface area contributed by atoms with Crippen LogP contribution in [0.3, 0.4) is 0 Å². The molecule has 0 saturated heterocycles. The standard InChI is InChI=1S/C39H70O3Si/c1-10-12-13-14-15-16-17-18-19-20-21-22-23-24-25-26-29-41-36(40)28-27-33-30-34(38(4,5)6)37(42-43-32(3)11-2)35(31-33)39(7,8)9/h11,30-31H,10,12-29,43H2,1-9H3. The van der Waals surface area contributed by atoms with Crippen LogP contribution in [0.25, 0.3) is 0 Å². The summed E-state index contributed by atoms with van der Waals surface area (Å²) in [5, 5.41) is 1.36. The molecule has 1 aromatic rings. The second-order valence-corrected chi connectivity index (χ2v) is 16.7. The molecule has 4 heteroatoms. The molecule has 0 amide bonds. The van der Waals surface area contributed by atoms with Crippen LogP contribution < -0.4 is 4.43 Å². The largest absolute Gasteiger partial charge is 0.545 e. The van der Waals surface area contributed by atoms with Crippen LogP contribution in [-0.2, 0) is 26.8 Å². The fraction of sp³-hybridized carbons (Fsp3) is 0.769. The first-order valence-electron chi connectivity index (χ1n) is 18.0. The van der Waals surface area contributed by atoms with E-state index in [1.54, 1.807) is 0 Å². The Balaban J connectivity index is 2.34. The van der Waals surface area contributed by atoms with Gasteiger partial charge in [-0.1, -0.05) is 168 Å². The Hall–Kier alpha value is -1.55. The lowest BCUT2D eigenvalue weighted by Crippen LogP contribution is -2.22. The summed E-state index contributed by atoms with van der Waals surface area (Å²) in [5.74, 6) is 0.981. The van der Waals surface area contributed by atoms with Crippen molar-refractivity contribution in [3.8, 4) is 5.75 Å². The van der Waals surface area contributed by atoms with Crippen molar-refractivity contribution in [2.75, 3.05) is 6.61 Å². The Morgan fingerprint density at radius 2 is 1.14 bits per heavy atom. The van der Waals surface area contributed by atoms with E-state index in [-0.39, 0.29) is 16.8 Å². The third-order valence-corrected chi connectivity index (χ3v) is 9.88. The number of unbranched alkanes of at least 4 members (excludes halogenated alkanes) is 15. The number of benzene rings is 1. The number of aryl methyl sites for hydroxylation is 1. The number of hydrogen-bond donors (Lipinski definition) is 0. The molecule has 0 heterocycles. The predicted octanol–water partition coefficient (Wildman–Crippen LogP) is 11.4. The van der Waals surface area contributed by atoms with E-state index >= 15 is 0 Å². The summed E-state index contributed by atoms with van der Waals surface area (Å²) in [7, 11) is -0.800. The molecule has 1 rings (SSSR count). The average Bonchev–Trinajstić information content (AvgIpc) is 2.95. The van der Waals surface area contributed by atoms with Gasteiger partial charge in [0.15, 0.2) is 0 Å². The van der Waals surface area contributed by atoms with E-state index in [1.807, 2.05) is 0 Å². The smallest absolute Gasteiger partial charge is 0.306 e. The molecule has 0 unspecified atom stereocenters. The second-order valence-electron chi connectivity index (χ2n) is 15.0. The van der Waals surface area contributed by atoms with Crippen molar-refractivity contribution in [3.63, 3.8) is 0 Å². The zero-order valence-electron chi connectivity index (χ0n) is 30.1. The van der Waals surface area contributed by atoms with Crippen molar-refractivity contribution in [3.05, 3.63) is 40.1 Å². The molecule has 0 atom stereocenters. The van der Waals surface area contributed by atoms with Crippen LogP contribution in [0.1, 0.15) is 188 Å². The van der Waals surface area contributed by atoms with E-state index in [1.165, 1.54) is 112 Å². The SMILES string of the molecule is CC=C(C)[SiH2]Oc1c(C(C)(C)C)cc(CCC(=O)OCCCCCCCCCCCCCCCCCC)cc1C(C)(C)C. The molecule has 3 nitrogen and oxygen atoms in total. The van der Waals surface area contributed by atoms with E-state index in [4.69, 9.17) is 9.16 Å². The van der Waals surface area contributed by atoms with Gasteiger partial charge in [0.05, 0.1) is 6.61 Å². The van der Waals surface area contributed by atoms with Crippen molar-refractivity contribution < 1.29 is 14.0 Å². The highest BCUT2D eigenvalue weighted by Crippen LogP contribution is 2.41. The molecule has 0 saturated carbocycles. The van der Waals surface area contributed by atoms with Crippen LogP contribution in [0.2, 0.25) is 0 Å². The summed E-state index contributed by atoms with van der Waals surface area (Å²) < 4.78 is 12.2. The summed E-state index contributed by atoms with van der Waals surface area (Å²) in [6.07, 6.45) is 24.9. The third-order valence-electron chi connectivity index (χ3n) is 8.58. The first-order valence-corrected chi connectivity index (χ1v) is 19.3. The molecule has 0 radical (unpaired) electrons. The Bertz CT molecular complexity index is 884. The molecule has 0 aliphatic heterocycles. The summed E-state index contributed by atoms with van der Waals surface area (Å²) in [6.45, 7) is 20.6. The van der Waals surface area contributed by atoms with Gasteiger partial charge in [-0.3, -0.25) is 4.79 Å². The monoisotopic (exact) mass is 615 g/mol. The van der Waals surface area contributed by atoms with Crippen LogP contribution in [0.15, 0.2) is 23.4 Å². The van der Waals surface area contributed by atoms with Crippen LogP contribution in [0.5, 0.6) is 5.75 Å². The molecular weight excluding hydrogens is 545 g/mol. The zero-order chi connectivity index (χ0) is 32.1. The van der Waals surface area contributed by atoms with E-state index < -0.39 is 9.76 Å². The molecule has 1 aromatic carbocycles. The third kappa shape index (κ3) is 18.1. The topological polar surface area (TPSA) is 35.5 Å². The number of allylic oxidation sites excluding steroid dienone is 2. The normalized spacial score (nSPS) is 12.8. The summed E-state index contributed by atoms with van der Waals surface area (Å²) in [4.78, 5) is 12.6. The van der Waals surface area contributed by atoms with Gasteiger partial charge < -0.3 is 9.16 Å². The minimum absolute atomic E-state index is 0.0443. The van der Waals surface area contributed by atoms with Crippen molar-refractivity contribution >= 4 is 15.7 Å². The molecule has 0 spiro atoms. The Kier molecular flexibility index (Phi) is 20.2. The minimum atomic E-state index is -0.800. The molecule has 43 heavy (non-hydrogen) atoms. The van der Waals surface area contributed by atoms with Gasteiger partial charge in [-0.15, -0.1) is 0 Å². The Morgan fingerprint density at radius 3 is 1.53 bits per heavy atom. The van der Waals surface area contributed by atoms with Crippen molar-refractivity contribution in [2.24, 2.45) is 0 Å². The van der Waals surface area contributed by atoms with Crippen LogP contribution >= 0.6 is 0 Å². The summed E-state index contributed by atoms with van der Waals surface area (Å²) >= 11 is 0. The molecule has 0 aliphatic rings. The maximum Gasteiger partial charge on any atom is 0.306 e. The van der Waals surface area contributed by atoms with Crippen LogP contribution in [0.4, 0.5) is 0 Å². The van der Waals surface area contributed by atoms with Gasteiger partial charge in [-0.05, 0) is 54.2 Å². The highest BCUT2D eigenvalue weighted by Gasteiger charge is 2.28. The van der Waals surface area contributed by atoms with Gasteiger partial charge in [-0.2, -0.15) is 0 Å². The fourth-order valence-electron chi connectivity index (χ4n) is 5.53. The van der Waals surface area contributed by atoms with Crippen molar-refractivity contribution in [1.29, 1.82) is 0 Å². The molecule has 248 valence electrons. The average molecular weight is 615 g/mol. The van der Waals surface area contributed by atoms with E-state index in [9.17, 15) is 4.79 Å². The fourth-order valence-corrected chi connectivity index (χ4v) is 6.38. The highest BCUT2D eigenvalue weighted by molar-refractivity contribution is 6.38. The predicted molar refractivity (Wildman–Crippen MR) is 191 cm³/mol. The lowest BCUT2D eigenvalue weighted by Gasteiger charge is -2.31. The van der Waals surface area contributed by atoms with Gasteiger partial charge in [-0.25, -0.2) is 0 Å². The zero-order valence-corrected chi connectivity index (χ0v) is 31.5. The van der Waals surface area contributed by atoms with Crippen molar-refractivity contribution in [2.45, 2.75) is 189 Å². The number of carbonyl (C=O) groups excluding carboxylic acids is 1. The summed E-state index contributed by atoms with van der Waals surface area (Å²) in [5.41, 5.74) is 3.60. The van der Waals surface area contributed by atoms with Gasteiger partial charge in [0.1, 0.15) is 5.75 Å². The molecular formula is C39H70O3Si. The number of ether oxygens (including phenoxy) is 1. The molecule has 0 aromatic heterocycles.